The van der Waals surface area contributed by atoms with E-state index in [1.807, 2.05) is 24.8 Å². The molecule has 1 aromatic rings. The Bertz CT molecular complexity index is 419. The number of likely N-dealkylation sites (tertiary alicyclic amines) is 1. The highest BCUT2D eigenvalue weighted by Gasteiger charge is 2.27. The lowest BCUT2D eigenvalue weighted by Crippen LogP contribution is -2.45. The first-order valence-corrected chi connectivity index (χ1v) is 6.71. The Morgan fingerprint density at radius 2 is 2.42 bits per heavy atom. The minimum absolute atomic E-state index is 0. The first kappa shape index (κ1) is 16.0. The third kappa shape index (κ3) is 3.70. The van der Waals surface area contributed by atoms with Gasteiger partial charge in [0.2, 0.25) is 0 Å². The number of nitrogens with two attached hydrogens (primary N) is 1. The lowest BCUT2D eigenvalue weighted by molar-refractivity contribution is 0.0655. The molecule has 6 heteroatoms. The molecule has 19 heavy (non-hydrogen) atoms. The molecule has 1 amide bonds. The van der Waals surface area contributed by atoms with Gasteiger partial charge in [0.1, 0.15) is 5.69 Å². The van der Waals surface area contributed by atoms with Crippen LogP contribution in [0.1, 0.15) is 42.9 Å². The Kier molecular flexibility index (Phi) is 5.82. The van der Waals surface area contributed by atoms with Crippen molar-refractivity contribution in [2.45, 2.75) is 39.2 Å². The number of rotatable bonds is 3. The van der Waals surface area contributed by atoms with Crippen LogP contribution in [0.2, 0.25) is 0 Å². The number of piperidine rings is 1. The van der Waals surface area contributed by atoms with Crippen molar-refractivity contribution in [1.82, 2.24) is 15.1 Å². The molecule has 2 heterocycles. The van der Waals surface area contributed by atoms with E-state index in [0.717, 1.165) is 38.0 Å². The van der Waals surface area contributed by atoms with Crippen LogP contribution in [0.3, 0.4) is 0 Å². The summed E-state index contributed by atoms with van der Waals surface area (Å²) in [7, 11) is 0. The zero-order chi connectivity index (χ0) is 13.1. The van der Waals surface area contributed by atoms with Crippen molar-refractivity contribution in [2.24, 2.45) is 11.7 Å². The van der Waals surface area contributed by atoms with Gasteiger partial charge in [0.15, 0.2) is 0 Å². The van der Waals surface area contributed by atoms with Gasteiger partial charge in [-0.15, -0.1) is 12.4 Å². The number of H-pyrrole nitrogens is 1. The van der Waals surface area contributed by atoms with E-state index >= 15 is 0 Å². The van der Waals surface area contributed by atoms with Crippen LogP contribution >= 0.6 is 12.4 Å². The summed E-state index contributed by atoms with van der Waals surface area (Å²) in [6.07, 6.45) is 3.01. The molecule has 0 aliphatic carbocycles. The van der Waals surface area contributed by atoms with E-state index in [4.69, 9.17) is 5.73 Å². The van der Waals surface area contributed by atoms with E-state index in [0.29, 0.717) is 11.6 Å². The first-order valence-electron chi connectivity index (χ1n) is 6.71. The SMILES string of the molecule is CCc1cc(C(=O)N2CCCC(C(C)N)C2)n[nH]1.Cl. The molecule has 1 aliphatic rings. The number of aryl methyl sites for hydroxylation is 1. The van der Waals surface area contributed by atoms with Crippen LogP contribution in [0.5, 0.6) is 0 Å². The molecule has 5 nitrogen and oxygen atoms in total. The van der Waals surface area contributed by atoms with Gasteiger partial charge in [-0.05, 0) is 38.2 Å². The van der Waals surface area contributed by atoms with Crippen LogP contribution in [0.4, 0.5) is 0 Å². The van der Waals surface area contributed by atoms with Gasteiger partial charge in [-0.2, -0.15) is 5.10 Å². The summed E-state index contributed by atoms with van der Waals surface area (Å²) in [6, 6.07) is 1.99. The van der Waals surface area contributed by atoms with Gasteiger partial charge in [0, 0.05) is 24.8 Å². The summed E-state index contributed by atoms with van der Waals surface area (Å²) in [6.45, 7) is 5.62. The molecule has 2 atom stereocenters. The smallest absolute Gasteiger partial charge is 0.274 e. The quantitative estimate of drug-likeness (QED) is 0.886. The largest absolute Gasteiger partial charge is 0.337 e. The van der Waals surface area contributed by atoms with Gasteiger partial charge in [-0.1, -0.05) is 6.92 Å². The molecule has 108 valence electrons. The van der Waals surface area contributed by atoms with Gasteiger partial charge in [0.25, 0.3) is 5.91 Å². The van der Waals surface area contributed by atoms with Crippen molar-refractivity contribution in [3.8, 4) is 0 Å². The number of carbonyl (C=O) groups excluding carboxylic acids is 1. The zero-order valence-corrected chi connectivity index (χ0v) is 12.4. The predicted octanol–water partition coefficient (Wildman–Crippen LogP) is 1.59. The molecular formula is C13H23ClN4O. The molecule has 3 N–H and O–H groups in total. The zero-order valence-electron chi connectivity index (χ0n) is 11.6. The van der Waals surface area contributed by atoms with Gasteiger partial charge < -0.3 is 10.6 Å². The molecule has 2 rings (SSSR count). The highest BCUT2D eigenvalue weighted by molar-refractivity contribution is 5.92. The Labute approximate surface area is 120 Å². The Morgan fingerprint density at radius 3 is 3.00 bits per heavy atom. The van der Waals surface area contributed by atoms with Crippen LogP contribution in [0.25, 0.3) is 0 Å². The minimum atomic E-state index is 0. The van der Waals surface area contributed by atoms with E-state index in [1.165, 1.54) is 0 Å². The molecule has 1 fully saturated rings. The summed E-state index contributed by atoms with van der Waals surface area (Å²) in [4.78, 5) is 14.2. The Morgan fingerprint density at radius 1 is 1.68 bits per heavy atom. The van der Waals surface area contributed by atoms with Crippen molar-refractivity contribution >= 4 is 18.3 Å². The molecule has 0 saturated carbocycles. The van der Waals surface area contributed by atoms with Crippen LogP contribution in [-0.4, -0.2) is 40.1 Å². The van der Waals surface area contributed by atoms with Gasteiger partial charge in [-0.25, -0.2) is 0 Å². The van der Waals surface area contributed by atoms with Gasteiger partial charge in [0.05, 0.1) is 0 Å². The number of nitrogens with zero attached hydrogens (tertiary/aromatic N) is 2. The summed E-state index contributed by atoms with van der Waals surface area (Å²) in [5.74, 6) is 0.434. The van der Waals surface area contributed by atoms with Crippen molar-refractivity contribution in [3.05, 3.63) is 17.5 Å². The monoisotopic (exact) mass is 286 g/mol. The number of halogens is 1. The van der Waals surface area contributed by atoms with Crippen molar-refractivity contribution in [2.75, 3.05) is 13.1 Å². The van der Waals surface area contributed by atoms with E-state index in [1.54, 1.807) is 0 Å². The molecule has 0 radical (unpaired) electrons. The molecule has 0 bridgehead atoms. The standard InChI is InChI=1S/C13H22N4O.ClH/c1-3-11-7-12(16-15-11)13(18)17-6-4-5-10(8-17)9(2)14;/h7,9-10H,3-6,8,14H2,1-2H3,(H,15,16);1H. The average Bonchev–Trinajstić information content (AvgIpc) is 2.86. The fourth-order valence-corrected chi connectivity index (χ4v) is 2.44. The number of amides is 1. The number of aromatic amines is 1. The van der Waals surface area contributed by atoms with Crippen molar-refractivity contribution in [3.63, 3.8) is 0 Å². The van der Waals surface area contributed by atoms with Crippen LogP contribution in [0, 0.1) is 5.92 Å². The second kappa shape index (κ2) is 6.91. The molecular weight excluding hydrogens is 264 g/mol. The normalized spacial score (nSPS) is 20.8. The lowest BCUT2D eigenvalue weighted by atomic mass is 9.92. The molecule has 0 aromatic carbocycles. The number of nitrogens with one attached hydrogen (secondary N) is 1. The fraction of sp³-hybridized carbons (Fsp3) is 0.692. The third-order valence-electron chi connectivity index (χ3n) is 3.72. The second-order valence-electron chi connectivity index (χ2n) is 5.14. The van der Waals surface area contributed by atoms with E-state index in [-0.39, 0.29) is 24.4 Å². The molecule has 1 aliphatic heterocycles. The number of aromatic nitrogens is 2. The van der Waals surface area contributed by atoms with E-state index < -0.39 is 0 Å². The van der Waals surface area contributed by atoms with Crippen molar-refractivity contribution < 1.29 is 4.79 Å². The average molecular weight is 287 g/mol. The minimum Gasteiger partial charge on any atom is -0.337 e. The topological polar surface area (TPSA) is 75.0 Å². The highest BCUT2D eigenvalue weighted by atomic mass is 35.5. The number of carbonyl (C=O) groups is 1. The highest BCUT2D eigenvalue weighted by Crippen LogP contribution is 2.20. The second-order valence-corrected chi connectivity index (χ2v) is 5.14. The molecule has 1 aromatic heterocycles. The third-order valence-corrected chi connectivity index (χ3v) is 3.72. The summed E-state index contributed by atoms with van der Waals surface area (Å²) in [5, 5.41) is 6.97. The summed E-state index contributed by atoms with van der Waals surface area (Å²) < 4.78 is 0. The maximum absolute atomic E-state index is 12.3. The Balaban J connectivity index is 0.00000180. The lowest BCUT2D eigenvalue weighted by Gasteiger charge is -2.34. The fourth-order valence-electron chi connectivity index (χ4n) is 2.44. The van der Waals surface area contributed by atoms with E-state index in [2.05, 4.69) is 10.2 Å². The maximum atomic E-state index is 12.3. The molecule has 0 spiro atoms. The van der Waals surface area contributed by atoms with Crippen LogP contribution in [0.15, 0.2) is 6.07 Å². The van der Waals surface area contributed by atoms with E-state index in [9.17, 15) is 4.79 Å². The molecule has 1 saturated heterocycles. The first-order chi connectivity index (χ1) is 8.61. The van der Waals surface area contributed by atoms with Crippen molar-refractivity contribution in [1.29, 1.82) is 0 Å². The van der Waals surface area contributed by atoms with Gasteiger partial charge in [-0.3, -0.25) is 9.89 Å². The summed E-state index contributed by atoms with van der Waals surface area (Å²) in [5.41, 5.74) is 7.46. The predicted molar refractivity (Wildman–Crippen MR) is 77.5 cm³/mol. The maximum Gasteiger partial charge on any atom is 0.274 e. The van der Waals surface area contributed by atoms with Crippen LogP contribution < -0.4 is 5.73 Å². The van der Waals surface area contributed by atoms with Crippen LogP contribution in [-0.2, 0) is 6.42 Å². The molecule has 2 unspecified atom stereocenters. The number of hydrogen-bond donors (Lipinski definition) is 2. The number of hydrogen-bond acceptors (Lipinski definition) is 3. The van der Waals surface area contributed by atoms with Gasteiger partial charge >= 0.3 is 0 Å². The Hall–Kier alpha value is -1.07. The summed E-state index contributed by atoms with van der Waals surface area (Å²) >= 11 is 0.